The first-order valence-corrected chi connectivity index (χ1v) is 5.54. The zero-order valence-corrected chi connectivity index (χ0v) is 9.72. The van der Waals surface area contributed by atoms with E-state index in [4.69, 9.17) is 0 Å². The molecule has 13 heavy (non-hydrogen) atoms. The Bertz CT molecular complexity index is 182. The third kappa shape index (κ3) is 1.76. The molecule has 0 saturated heterocycles. The molecule has 0 bridgehead atoms. The Morgan fingerprint density at radius 2 is 1.85 bits per heavy atom. The molecule has 1 aliphatic rings. The highest BCUT2D eigenvalue weighted by atomic mass is 16.3. The van der Waals surface area contributed by atoms with E-state index in [-0.39, 0.29) is 5.41 Å². The fourth-order valence-corrected chi connectivity index (χ4v) is 2.94. The Kier molecular flexibility index (Phi) is 2.78. The number of hydrogen-bond acceptors (Lipinski definition) is 1. The zero-order valence-electron chi connectivity index (χ0n) is 9.72. The summed E-state index contributed by atoms with van der Waals surface area (Å²) in [6.07, 6.45) is 3.39. The van der Waals surface area contributed by atoms with Crippen LogP contribution >= 0.6 is 0 Å². The Balaban J connectivity index is 2.85. The van der Waals surface area contributed by atoms with Gasteiger partial charge in [0, 0.05) is 0 Å². The third-order valence-corrected chi connectivity index (χ3v) is 4.59. The number of hydrogen-bond donors (Lipinski definition) is 1. The minimum atomic E-state index is -0.449. The normalized spacial score (nSPS) is 44.8. The van der Waals surface area contributed by atoms with Crippen LogP contribution in [0.3, 0.4) is 0 Å². The van der Waals surface area contributed by atoms with Gasteiger partial charge in [-0.25, -0.2) is 0 Å². The summed E-state index contributed by atoms with van der Waals surface area (Å²) in [5, 5.41) is 10.2. The van der Waals surface area contributed by atoms with Crippen molar-refractivity contribution < 1.29 is 5.11 Å². The van der Waals surface area contributed by atoms with Gasteiger partial charge in [-0.3, -0.25) is 0 Å². The van der Waals surface area contributed by atoms with Gasteiger partial charge in [-0.15, -0.1) is 0 Å². The van der Waals surface area contributed by atoms with Gasteiger partial charge in [0.25, 0.3) is 0 Å². The summed E-state index contributed by atoms with van der Waals surface area (Å²) in [6.45, 7) is 11.1. The first-order chi connectivity index (χ1) is 5.82. The molecule has 1 N–H and O–H groups in total. The van der Waals surface area contributed by atoms with Crippen molar-refractivity contribution >= 4 is 0 Å². The van der Waals surface area contributed by atoms with Gasteiger partial charge >= 0.3 is 0 Å². The van der Waals surface area contributed by atoms with E-state index in [9.17, 15) is 5.11 Å². The molecule has 1 saturated carbocycles. The van der Waals surface area contributed by atoms with Crippen LogP contribution in [0.25, 0.3) is 0 Å². The van der Waals surface area contributed by atoms with Crippen LogP contribution in [0.4, 0.5) is 0 Å². The topological polar surface area (TPSA) is 20.2 Å². The molecular weight excluding hydrogens is 160 g/mol. The lowest BCUT2D eigenvalue weighted by Crippen LogP contribution is -2.49. The molecule has 0 amide bonds. The summed E-state index contributed by atoms with van der Waals surface area (Å²) >= 11 is 0. The average Bonchev–Trinajstić information content (AvgIpc) is 2.01. The van der Waals surface area contributed by atoms with Gasteiger partial charge in [-0.2, -0.15) is 0 Å². The predicted molar refractivity (Wildman–Crippen MR) is 56.6 cm³/mol. The van der Waals surface area contributed by atoms with Crippen LogP contribution < -0.4 is 0 Å². The molecule has 1 nitrogen and oxygen atoms in total. The molecule has 0 aromatic carbocycles. The highest BCUT2D eigenvalue weighted by Crippen LogP contribution is 2.50. The minimum Gasteiger partial charge on any atom is -0.390 e. The maximum atomic E-state index is 10.2. The van der Waals surface area contributed by atoms with Crippen LogP contribution in [0, 0.1) is 17.3 Å². The molecule has 3 atom stereocenters. The molecule has 1 fully saturated rings. The lowest BCUT2D eigenvalue weighted by Gasteiger charge is -2.51. The van der Waals surface area contributed by atoms with Gasteiger partial charge in [-0.05, 0) is 37.0 Å². The van der Waals surface area contributed by atoms with Gasteiger partial charge in [0.15, 0.2) is 0 Å². The van der Waals surface area contributed by atoms with Crippen LogP contribution in [0.15, 0.2) is 0 Å². The van der Waals surface area contributed by atoms with Crippen LogP contribution in [0.1, 0.15) is 53.9 Å². The van der Waals surface area contributed by atoms with E-state index in [1.807, 2.05) is 6.92 Å². The van der Waals surface area contributed by atoms with Gasteiger partial charge in [0.1, 0.15) is 0 Å². The van der Waals surface area contributed by atoms with Crippen molar-refractivity contribution in [2.75, 3.05) is 0 Å². The second-order valence-corrected chi connectivity index (χ2v) is 5.54. The van der Waals surface area contributed by atoms with E-state index in [0.717, 1.165) is 12.3 Å². The monoisotopic (exact) mass is 184 g/mol. The van der Waals surface area contributed by atoms with E-state index in [1.165, 1.54) is 12.8 Å². The summed E-state index contributed by atoms with van der Waals surface area (Å²) in [6, 6.07) is 0. The van der Waals surface area contributed by atoms with E-state index < -0.39 is 5.60 Å². The van der Waals surface area contributed by atoms with E-state index >= 15 is 0 Å². The summed E-state index contributed by atoms with van der Waals surface area (Å²) in [5.74, 6) is 1.18. The van der Waals surface area contributed by atoms with Crippen molar-refractivity contribution in [2.45, 2.75) is 59.5 Å². The van der Waals surface area contributed by atoms with Crippen molar-refractivity contribution in [2.24, 2.45) is 17.3 Å². The van der Waals surface area contributed by atoms with E-state index in [1.54, 1.807) is 0 Å². The van der Waals surface area contributed by atoms with Gasteiger partial charge in [-0.1, -0.05) is 34.1 Å². The fourth-order valence-electron chi connectivity index (χ4n) is 2.94. The third-order valence-electron chi connectivity index (χ3n) is 4.59. The van der Waals surface area contributed by atoms with E-state index in [0.29, 0.717) is 5.92 Å². The molecule has 0 aliphatic heterocycles. The Morgan fingerprint density at radius 3 is 2.31 bits per heavy atom. The lowest BCUT2D eigenvalue weighted by molar-refractivity contribution is -0.108. The molecule has 1 aliphatic carbocycles. The molecule has 1 heteroatoms. The van der Waals surface area contributed by atoms with Gasteiger partial charge in [0.2, 0.25) is 0 Å². The van der Waals surface area contributed by atoms with Crippen molar-refractivity contribution in [1.82, 2.24) is 0 Å². The molecule has 1 rings (SSSR count). The fraction of sp³-hybridized carbons (Fsp3) is 1.00. The average molecular weight is 184 g/mol. The van der Waals surface area contributed by atoms with Crippen LogP contribution in [-0.2, 0) is 0 Å². The number of rotatable bonds is 1. The maximum absolute atomic E-state index is 10.2. The van der Waals surface area contributed by atoms with Crippen LogP contribution in [0.5, 0.6) is 0 Å². The number of aliphatic hydroxyl groups is 1. The second-order valence-electron chi connectivity index (χ2n) is 5.54. The van der Waals surface area contributed by atoms with Gasteiger partial charge < -0.3 is 5.11 Å². The molecular formula is C12H24O. The standard InChI is InChI=1S/C12H24O/c1-6-10-7-8-12(5,13)9(2)11(10,3)4/h9-10,13H,6-8H2,1-5H3. The smallest absolute Gasteiger partial charge is 0.0650 e. The molecule has 0 aromatic heterocycles. The molecule has 0 heterocycles. The Labute approximate surface area is 82.5 Å². The molecule has 0 aromatic rings. The summed E-state index contributed by atoms with van der Waals surface area (Å²) in [5.41, 5.74) is -0.161. The lowest BCUT2D eigenvalue weighted by atomic mass is 9.57. The van der Waals surface area contributed by atoms with Crippen molar-refractivity contribution in [3.05, 3.63) is 0 Å². The molecule has 0 spiro atoms. The van der Waals surface area contributed by atoms with Crippen molar-refractivity contribution in [1.29, 1.82) is 0 Å². The quantitative estimate of drug-likeness (QED) is 0.663. The Morgan fingerprint density at radius 1 is 1.31 bits per heavy atom. The highest BCUT2D eigenvalue weighted by Gasteiger charge is 2.47. The first-order valence-electron chi connectivity index (χ1n) is 5.54. The van der Waals surface area contributed by atoms with Crippen molar-refractivity contribution in [3.63, 3.8) is 0 Å². The molecule has 0 radical (unpaired) electrons. The van der Waals surface area contributed by atoms with Gasteiger partial charge in [0.05, 0.1) is 5.60 Å². The minimum absolute atomic E-state index is 0.288. The predicted octanol–water partition coefficient (Wildman–Crippen LogP) is 3.22. The SMILES string of the molecule is CCC1CCC(C)(O)C(C)C1(C)C. The van der Waals surface area contributed by atoms with Crippen molar-refractivity contribution in [3.8, 4) is 0 Å². The molecule has 3 unspecified atom stereocenters. The summed E-state index contributed by atoms with van der Waals surface area (Å²) in [4.78, 5) is 0. The largest absolute Gasteiger partial charge is 0.390 e. The zero-order chi connectivity index (χ0) is 10.3. The highest BCUT2D eigenvalue weighted by molar-refractivity contribution is 4.97. The summed E-state index contributed by atoms with van der Waals surface area (Å²) < 4.78 is 0. The maximum Gasteiger partial charge on any atom is 0.0650 e. The summed E-state index contributed by atoms with van der Waals surface area (Å²) in [7, 11) is 0. The second kappa shape index (κ2) is 3.27. The first kappa shape index (κ1) is 11.0. The molecule has 78 valence electrons. The van der Waals surface area contributed by atoms with Crippen LogP contribution in [0.2, 0.25) is 0 Å². The van der Waals surface area contributed by atoms with Crippen LogP contribution in [-0.4, -0.2) is 10.7 Å². The van der Waals surface area contributed by atoms with E-state index in [2.05, 4.69) is 27.7 Å². The Hall–Kier alpha value is -0.0400.